The largest absolute Gasteiger partial charge is 0.492 e. The first-order valence-corrected chi connectivity index (χ1v) is 7.08. The molecule has 3 nitrogen and oxygen atoms in total. The van der Waals surface area contributed by atoms with Gasteiger partial charge in [0.05, 0.1) is 13.2 Å². The molecule has 0 N–H and O–H groups in total. The first-order valence-electron chi connectivity index (χ1n) is 5.96. The van der Waals surface area contributed by atoms with Crippen LogP contribution in [0.4, 0.5) is 0 Å². The van der Waals surface area contributed by atoms with E-state index in [-0.39, 0.29) is 0 Å². The lowest BCUT2D eigenvalue weighted by molar-refractivity contribution is -0.00296. The molecule has 94 valence electrons. The zero-order valence-corrected chi connectivity index (χ0v) is 11.4. The van der Waals surface area contributed by atoms with E-state index >= 15 is 0 Å². The lowest BCUT2D eigenvalue weighted by atomic mass is 10.2. The topological polar surface area (TPSA) is 21.7 Å². The van der Waals surface area contributed by atoms with Crippen LogP contribution in [0.1, 0.15) is 0 Å². The highest BCUT2D eigenvalue weighted by Gasteiger charge is 2.21. The number of ether oxygens (including phenoxy) is 2. The van der Waals surface area contributed by atoms with E-state index in [1.54, 1.807) is 0 Å². The maximum atomic E-state index is 5.70. The molecule has 1 heterocycles. The third kappa shape index (κ3) is 3.98. The molecule has 0 amide bonds. The van der Waals surface area contributed by atoms with Gasteiger partial charge < -0.3 is 9.47 Å². The predicted molar refractivity (Wildman–Crippen MR) is 71.9 cm³/mol. The van der Waals surface area contributed by atoms with Crippen LogP contribution in [-0.2, 0) is 4.74 Å². The molecule has 1 atom stereocenters. The van der Waals surface area contributed by atoms with Gasteiger partial charge in [-0.05, 0) is 12.1 Å². The van der Waals surface area contributed by atoms with E-state index in [9.17, 15) is 0 Å². The van der Waals surface area contributed by atoms with E-state index in [2.05, 4.69) is 20.8 Å². The van der Waals surface area contributed by atoms with Crippen molar-refractivity contribution < 1.29 is 9.47 Å². The molecule has 1 saturated heterocycles. The smallest absolute Gasteiger partial charge is 0.119 e. The summed E-state index contributed by atoms with van der Waals surface area (Å²) in [5.41, 5.74) is 0. The van der Waals surface area contributed by atoms with E-state index in [4.69, 9.17) is 9.47 Å². The van der Waals surface area contributed by atoms with E-state index < -0.39 is 0 Å². The van der Waals surface area contributed by atoms with E-state index in [1.165, 1.54) is 0 Å². The van der Waals surface area contributed by atoms with Gasteiger partial charge in [0.2, 0.25) is 0 Å². The van der Waals surface area contributed by atoms with Gasteiger partial charge in [-0.25, -0.2) is 0 Å². The van der Waals surface area contributed by atoms with Gasteiger partial charge in [-0.3, -0.25) is 4.90 Å². The van der Waals surface area contributed by atoms with Crippen LogP contribution in [0.2, 0.25) is 0 Å². The van der Waals surface area contributed by atoms with Gasteiger partial charge in [0, 0.05) is 24.5 Å². The van der Waals surface area contributed by atoms with Crippen molar-refractivity contribution in [3.63, 3.8) is 0 Å². The van der Waals surface area contributed by atoms with Gasteiger partial charge in [-0.2, -0.15) is 0 Å². The summed E-state index contributed by atoms with van der Waals surface area (Å²) in [7, 11) is 0. The van der Waals surface area contributed by atoms with Crippen molar-refractivity contribution in [1.82, 2.24) is 4.90 Å². The highest BCUT2D eigenvalue weighted by molar-refractivity contribution is 9.09. The Labute approximate surface area is 111 Å². The third-order valence-electron chi connectivity index (χ3n) is 2.92. The summed E-state index contributed by atoms with van der Waals surface area (Å²) in [6.07, 6.45) is 0. The Kier molecular flexibility index (Phi) is 5.29. The molecule has 2 rings (SSSR count). The van der Waals surface area contributed by atoms with E-state index in [0.717, 1.165) is 44.0 Å². The Morgan fingerprint density at radius 1 is 1.35 bits per heavy atom. The number of alkyl halides is 1. The highest BCUT2D eigenvalue weighted by Crippen LogP contribution is 2.11. The summed E-state index contributed by atoms with van der Waals surface area (Å²) in [6, 6.07) is 10.4. The van der Waals surface area contributed by atoms with E-state index in [0.29, 0.717) is 6.04 Å². The Balaban J connectivity index is 1.74. The van der Waals surface area contributed by atoms with Crippen molar-refractivity contribution in [2.75, 3.05) is 38.2 Å². The minimum Gasteiger partial charge on any atom is -0.492 e. The molecule has 1 aliphatic rings. The molecule has 1 unspecified atom stereocenters. The highest BCUT2D eigenvalue weighted by atomic mass is 79.9. The van der Waals surface area contributed by atoms with Gasteiger partial charge in [0.1, 0.15) is 12.4 Å². The average molecular weight is 300 g/mol. The predicted octanol–water partition coefficient (Wildman–Crippen LogP) is 2.16. The maximum Gasteiger partial charge on any atom is 0.119 e. The molecular formula is C13H18BrNO2. The van der Waals surface area contributed by atoms with Crippen LogP contribution >= 0.6 is 15.9 Å². The molecule has 0 saturated carbocycles. The monoisotopic (exact) mass is 299 g/mol. The number of morpholine rings is 1. The Morgan fingerprint density at radius 3 is 2.94 bits per heavy atom. The first-order chi connectivity index (χ1) is 8.40. The molecule has 4 heteroatoms. The lowest BCUT2D eigenvalue weighted by Crippen LogP contribution is -2.47. The standard InChI is InChI=1S/C13H18BrNO2/c14-10-12-11-16-8-6-15(12)7-9-17-13-4-2-1-3-5-13/h1-5,12H,6-11H2. The van der Waals surface area contributed by atoms with Crippen LogP contribution in [0.25, 0.3) is 0 Å². The quantitative estimate of drug-likeness (QED) is 0.778. The number of halogens is 1. The second kappa shape index (κ2) is 6.99. The number of hydrogen-bond donors (Lipinski definition) is 0. The summed E-state index contributed by atoms with van der Waals surface area (Å²) >= 11 is 3.53. The second-order valence-corrected chi connectivity index (χ2v) is 4.73. The van der Waals surface area contributed by atoms with Crippen LogP contribution in [0.15, 0.2) is 30.3 Å². The summed E-state index contributed by atoms with van der Waals surface area (Å²) in [4.78, 5) is 2.42. The van der Waals surface area contributed by atoms with Crippen molar-refractivity contribution in [2.45, 2.75) is 6.04 Å². The summed E-state index contributed by atoms with van der Waals surface area (Å²) in [5.74, 6) is 0.941. The molecule has 0 spiro atoms. The molecular weight excluding hydrogens is 282 g/mol. The van der Waals surface area contributed by atoms with Crippen molar-refractivity contribution in [1.29, 1.82) is 0 Å². The van der Waals surface area contributed by atoms with Crippen molar-refractivity contribution in [2.24, 2.45) is 0 Å². The molecule has 1 aromatic rings. The molecule has 0 aromatic heterocycles. The minimum atomic E-state index is 0.475. The number of para-hydroxylation sites is 1. The van der Waals surface area contributed by atoms with Crippen LogP contribution in [-0.4, -0.2) is 49.2 Å². The fourth-order valence-electron chi connectivity index (χ4n) is 1.92. The summed E-state index contributed by atoms with van der Waals surface area (Å²) < 4.78 is 11.2. The Hall–Kier alpha value is -0.580. The fourth-order valence-corrected chi connectivity index (χ4v) is 2.52. The fraction of sp³-hybridized carbons (Fsp3) is 0.538. The van der Waals surface area contributed by atoms with Gasteiger partial charge in [-0.1, -0.05) is 34.1 Å². The lowest BCUT2D eigenvalue weighted by Gasteiger charge is -2.34. The number of nitrogens with zero attached hydrogens (tertiary/aromatic N) is 1. The van der Waals surface area contributed by atoms with E-state index in [1.807, 2.05) is 30.3 Å². The molecule has 1 fully saturated rings. The molecule has 17 heavy (non-hydrogen) atoms. The van der Waals surface area contributed by atoms with Crippen LogP contribution in [0.3, 0.4) is 0 Å². The second-order valence-electron chi connectivity index (χ2n) is 4.08. The maximum absolute atomic E-state index is 5.70. The molecule has 1 aliphatic heterocycles. The minimum absolute atomic E-state index is 0.475. The van der Waals surface area contributed by atoms with Gasteiger partial charge >= 0.3 is 0 Å². The van der Waals surface area contributed by atoms with Gasteiger partial charge in [0.25, 0.3) is 0 Å². The van der Waals surface area contributed by atoms with Crippen LogP contribution < -0.4 is 4.74 Å². The first kappa shape index (κ1) is 12.9. The summed E-state index contributed by atoms with van der Waals surface area (Å²) in [5, 5.41) is 0.957. The Morgan fingerprint density at radius 2 is 2.18 bits per heavy atom. The van der Waals surface area contributed by atoms with Crippen molar-refractivity contribution >= 4 is 15.9 Å². The third-order valence-corrected chi connectivity index (χ3v) is 3.67. The SMILES string of the molecule is BrCC1COCCN1CCOc1ccccc1. The molecule has 1 aromatic carbocycles. The normalized spacial score (nSPS) is 21.4. The van der Waals surface area contributed by atoms with Crippen LogP contribution in [0.5, 0.6) is 5.75 Å². The van der Waals surface area contributed by atoms with Crippen molar-refractivity contribution in [3.05, 3.63) is 30.3 Å². The number of rotatable bonds is 5. The molecule has 0 radical (unpaired) electrons. The average Bonchev–Trinajstić information content (AvgIpc) is 2.40. The summed E-state index contributed by atoms with van der Waals surface area (Å²) in [6.45, 7) is 4.32. The van der Waals surface area contributed by atoms with Crippen molar-refractivity contribution in [3.8, 4) is 5.75 Å². The zero-order chi connectivity index (χ0) is 11.9. The zero-order valence-electron chi connectivity index (χ0n) is 9.85. The van der Waals surface area contributed by atoms with Gasteiger partial charge in [0.15, 0.2) is 0 Å². The Bertz CT molecular complexity index is 320. The van der Waals surface area contributed by atoms with Crippen LogP contribution in [0, 0.1) is 0 Å². The number of hydrogen-bond acceptors (Lipinski definition) is 3. The number of benzene rings is 1. The van der Waals surface area contributed by atoms with Gasteiger partial charge in [-0.15, -0.1) is 0 Å². The molecule has 0 aliphatic carbocycles. The molecule has 0 bridgehead atoms.